The first-order valence-corrected chi connectivity index (χ1v) is 7.23. The fraction of sp³-hybridized carbons (Fsp3) is 0.533. The van der Waals surface area contributed by atoms with Crippen LogP contribution in [0.1, 0.15) is 38.8 Å². The van der Waals surface area contributed by atoms with Gasteiger partial charge in [-0.1, -0.05) is 24.3 Å². The number of carbonyl (C=O) groups is 1. The standard InChI is InChI=1S/C15H22O2S/c1-11-8-6-7-9-13(11)10-18-12(2)14(16)17-15(3,4)5/h6-9,12H,10H2,1-5H3. The summed E-state index contributed by atoms with van der Waals surface area (Å²) < 4.78 is 5.36. The smallest absolute Gasteiger partial charge is 0.319 e. The van der Waals surface area contributed by atoms with Gasteiger partial charge < -0.3 is 4.74 Å². The van der Waals surface area contributed by atoms with Gasteiger partial charge in [0.15, 0.2) is 0 Å². The predicted molar refractivity (Wildman–Crippen MR) is 77.8 cm³/mol. The molecule has 0 spiro atoms. The number of aryl methyl sites for hydroxylation is 1. The van der Waals surface area contributed by atoms with Crippen molar-refractivity contribution in [1.29, 1.82) is 0 Å². The van der Waals surface area contributed by atoms with Crippen LogP contribution < -0.4 is 0 Å². The highest BCUT2D eigenvalue weighted by atomic mass is 32.2. The molecule has 0 saturated carbocycles. The van der Waals surface area contributed by atoms with E-state index in [0.29, 0.717) is 0 Å². The molecule has 100 valence electrons. The van der Waals surface area contributed by atoms with Crippen molar-refractivity contribution in [3.63, 3.8) is 0 Å². The predicted octanol–water partition coefficient (Wildman–Crippen LogP) is 3.96. The van der Waals surface area contributed by atoms with Crippen LogP contribution in [0.5, 0.6) is 0 Å². The summed E-state index contributed by atoms with van der Waals surface area (Å²) in [6, 6.07) is 8.25. The Hall–Kier alpha value is -0.960. The zero-order valence-electron chi connectivity index (χ0n) is 11.8. The third kappa shape index (κ3) is 5.13. The van der Waals surface area contributed by atoms with Crippen LogP contribution in [-0.2, 0) is 15.3 Å². The summed E-state index contributed by atoms with van der Waals surface area (Å²) in [4.78, 5) is 11.8. The third-order valence-electron chi connectivity index (χ3n) is 2.49. The summed E-state index contributed by atoms with van der Waals surface area (Å²) in [5.41, 5.74) is 2.13. The highest BCUT2D eigenvalue weighted by Crippen LogP contribution is 2.22. The Morgan fingerprint density at radius 2 is 1.94 bits per heavy atom. The van der Waals surface area contributed by atoms with E-state index in [9.17, 15) is 4.79 Å². The van der Waals surface area contributed by atoms with Gasteiger partial charge in [-0.3, -0.25) is 4.79 Å². The Morgan fingerprint density at radius 1 is 1.33 bits per heavy atom. The second kappa shape index (κ2) is 6.28. The molecule has 0 aliphatic heterocycles. The number of esters is 1. The Kier molecular flexibility index (Phi) is 5.27. The number of carbonyl (C=O) groups excluding carboxylic acids is 1. The van der Waals surface area contributed by atoms with Gasteiger partial charge in [0.25, 0.3) is 0 Å². The Balaban J connectivity index is 2.49. The van der Waals surface area contributed by atoms with Crippen LogP contribution in [0, 0.1) is 6.92 Å². The second-order valence-corrected chi connectivity index (χ2v) is 6.74. The molecule has 0 radical (unpaired) electrons. The first kappa shape index (κ1) is 15.1. The van der Waals surface area contributed by atoms with Gasteiger partial charge in [-0.05, 0) is 45.7 Å². The van der Waals surface area contributed by atoms with Crippen molar-refractivity contribution < 1.29 is 9.53 Å². The topological polar surface area (TPSA) is 26.3 Å². The van der Waals surface area contributed by atoms with E-state index in [4.69, 9.17) is 4.74 Å². The fourth-order valence-electron chi connectivity index (χ4n) is 1.44. The quantitative estimate of drug-likeness (QED) is 0.772. The van der Waals surface area contributed by atoms with E-state index < -0.39 is 5.60 Å². The molecule has 0 heterocycles. The van der Waals surface area contributed by atoms with E-state index in [1.807, 2.05) is 39.8 Å². The molecule has 0 N–H and O–H groups in total. The lowest BCUT2D eigenvalue weighted by Gasteiger charge is -2.22. The van der Waals surface area contributed by atoms with E-state index in [1.165, 1.54) is 11.1 Å². The van der Waals surface area contributed by atoms with Crippen LogP contribution in [-0.4, -0.2) is 16.8 Å². The van der Waals surface area contributed by atoms with Crippen molar-refractivity contribution in [1.82, 2.24) is 0 Å². The molecule has 0 amide bonds. The van der Waals surface area contributed by atoms with Crippen LogP contribution in [0.25, 0.3) is 0 Å². The summed E-state index contributed by atoms with van der Waals surface area (Å²) in [6.45, 7) is 9.67. The van der Waals surface area contributed by atoms with Crippen LogP contribution in [0.4, 0.5) is 0 Å². The number of benzene rings is 1. The van der Waals surface area contributed by atoms with Gasteiger partial charge in [0, 0.05) is 5.75 Å². The highest BCUT2D eigenvalue weighted by molar-refractivity contribution is 7.99. The minimum atomic E-state index is -0.408. The van der Waals surface area contributed by atoms with Crippen LogP contribution >= 0.6 is 11.8 Å². The van der Waals surface area contributed by atoms with Crippen molar-refractivity contribution in [3.8, 4) is 0 Å². The molecule has 1 unspecified atom stereocenters. The Labute approximate surface area is 114 Å². The average molecular weight is 266 g/mol. The summed E-state index contributed by atoms with van der Waals surface area (Å²) in [7, 11) is 0. The lowest BCUT2D eigenvalue weighted by Crippen LogP contribution is -2.28. The number of ether oxygens (including phenoxy) is 1. The fourth-order valence-corrected chi connectivity index (χ4v) is 2.38. The third-order valence-corrected chi connectivity index (χ3v) is 3.66. The molecular weight excluding hydrogens is 244 g/mol. The zero-order chi connectivity index (χ0) is 13.8. The Bertz CT molecular complexity index is 407. The lowest BCUT2D eigenvalue weighted by atomic mass is 10.1. The SMILES string of the molecule is Cc1ccccc1CSC(C)C(=O)OC(C)(C)C. The molecule has 0 aliphatic rings. The van der Waals surface area contributed by atoms with Gasteiger partial charge in [0.1, 0.15) is 5.60 Å². The molecule has 3 heteroatoms. The summed E-state index contributed by atoms with van der Waals surface area (Å²) >= 11 is 1.62. The Morgan fingerprint density at radius 3 is 2.50 bits per heavy atom. The van der Waals surface area contributed by atoms with Gasteiger partial charge in [-0.25, -0.2) is 0 Å². The van der Waals surface area contributed by atoms with E-state index in [0.717, 1.165) is 5.75 Å². The maximum absolute atomic E-state index is 11.8. The van der Waals surface area contributed by atoms with Crippen molar-refractivity contribution >= 4 is 17.7 Å². The van der Waals surface area contributed by atoms with Crippen LogP contribution in [0.2, 0.25) is 0 Å². The monoisotopic (exact) mass is 266 g/mol. The summed E-state index contributed by atoms with van der Waals surface area (Å²) in [6.07, 6.45) is 0. The molecule has 0 aromatic heterocycles. The minimum absolute atomic E-state index is 0.135. The molecular formula is C15H22O2S. The summed E-state index contributed by atoms with van der Waals surface area (Å²) in [5.74, 6) is 0.702. The molecule has 0 aliphatic carbocycles. The second-order valence-electron chi connectivity index (χ2n) is 5.41. The first-order chi connectivity index (χ1) is 8.29. The van der Waals surface area contributed by atoms with Crippen molar-refractivity contribution in [2.75, 3.05) is 0 Å². The maximum atomic E-state index is 11.8. The molecule has 1 atom stereocenters. The molecule has 0 fully saturated rings. The largest absolute Gasteiger partial charge is 0.459 e. The number of hydrogen-bond acceptors (Lipinski definition) is 3. The molecule has 1 aromatic rings. The minimum Gasteiger partial charge on any atom is -0.459 e. The van der Waals surface area contributed by atoms with Crippen LogP contribution in [0.15, 0.2) is 24.3 Å². The maximum Gasteiger partial charge on any atom is 0.319 e. The molecule has 0 saturated heterocycles. The van der Waals surface area contributed by atoms with Crippen molar-refractivity contribution in [2.45, 2.75) is 51.2 Å². The van der Waals surface area contributed by atoms with Crippen LogP contribution in [0.3, 0.4) is 0 Å². The van der Waals surface area contributed by atoms with Gasteiger partial charge in [0.05, 0.1) is 5.25 Å². The van der Waals surface area contributed by atoms with Gasteiger partial charge in [0.2, 0.25) is 0 Å². The number of rotatable bonds is 4. The molecule has 2 nitrogen and oxygen atoms in total. The first-order valence-electron chi connectivity index (χ1n) is 6.18. The number of thioether (sulfide) groups is 1. The number of hydrogen-bond donors (Lipinski definition) is 0. The molecule has 18 heavy (non-hydrogen) atoms. The summed E-state index contributed by atoms with van der Waals surface area (Å²) in [5, 5.41) is -0.135. The average Bonchev–Trinajstić information content (AvgIpc) is 2.25. The molecule has 1 aromatic carbocycles. The van der Waals surface area contributed by atoms with Gasteiger partial charge in [-0.15, -0.1) is 11.8 Å². The normalized spacial score (nSPS) is 13.2. The molecule has 0 bridgehead atoms. The zero-order valence-corrected chi connectivity index (χ0v) is 12.6. The highest BCUT2D eigenvalue weighted by Gasteiger charge is 2.21. The lowest BCUT2D eigenvalue weighted by molar-refractivity contribution is -0.153. The van der Waals surface area contributed by atoms with E-state index in [-0.39, 0.29) is 11.2 Å². The van der Waals surface area contributed by atoms with Crippen molar-refractivity contribution in [2.24, 2.45) is 0 Å². The van der Waals surface area contributed by atoms with Crippen molar-refractivity contribution in [3.05, 3.63) is 35.4 Å². The molecule has 1 rings (SSSR count). The van der Waals surface area contributed by atoms with Gasteiger partial charge >= 0.3 is 5.97 Å². The van der Waals surface area contributed by atoms with E-state index in [1.54, 1.807) is 11.8 Å². The van der Waals surface area contributed by atoms with E-state index in [2.05, 4.69) is 19.1 Å². The van der Waals surface area contributed by atoms with Gasteiger partial charge in [-0.2, -0.15) is 0 Å². The van der Waals surface area contributed by atoms with E-state index >= 15 is 0 Å².